The third kappa shape index (κ3) is 1.09. The zero-order valence-electron chi connectivity index (χ0n) is 8.23. The predicted molar refractivity (Wildman–Crippen MR) is 58.1 cm³/mol. The van der Waals surface area contributed by atoms with Crippen molar-refractivity contribution < 1.29 is 9.15 Å². The number of para-hydroxylation sites is 1. The topological polar surface area (TPSA) is 35.3 Å². The molecule has 3 nitrogen and oxygen atoms in total. The number of benzene rings is 1. The lowest BCUT2D eigenvalue weighted by Gasteiger charge is -1.97. The van der Waals surface area contributed by atoms with Crippen LogP contribution in [-0.2, 0) is 0 Å². The summed E-state index contributed by atoms with van der Waals surface area (Å²) in [4.78, 5) is 4.17. The van der Waals surface area contributed by atoms with E-state index in [1.165, 1.54) is 0 Å². The second-order valence-corrected chi connectivity index (χ2v) is 3.30. The molecule has 0 aliphatic carbocycles. The molecule has 2 heterocycles. The van der Waals surface area contributed by atoms with Gasteiger partial charge in [0.1, 0.15) is 0 Å². The molecule has 0 saturated heterocycles. The van der Waals surface area contributed by atoms with Gasteiger partial charge in [-0.3, -0.25) is 0 Å². The van der Waals surface area contributed by atoms with E-state index in [0.29, 0.717) is 5.71 Å². The van der Waals surface area contributed by atoms with Crippen LogP contribution in [0.2, 0.25) is 0 Å². The van der Waals surface area contributed by atoms with Gasteiger partial charge in [-0.2, -0.15) is 0 Å². The smallest absolute Gasteiger partial charge is 0.227 e. The van der Waals surface area contributed by atoms with Gasteiger partial charge in [0.15, 0.2) is 11.3 Å². The highest BCUT2D eigenvalue weighted by Gasteiger charge is 2.10. The fourth-order valence-corrected chi connectivity index (χ4v) is 1.77. The summed E-state index contributed by atoms with van der Waals surface area (Å²) < 4.78 is 10.9. The SMILES string of the molecule is COc1cccc2c1oc1ncccc12. The van der Waals surface area contributed by atoms with Gasteiger partial charge in [0.05, 0.1) is 7.11 Å². The van der Waals surface area contributed by atoms with Crippen molar-refractivity contribution in [2.24, 2.45) is 0 Å². The molecule has 3 rings (SSSR count). The summed E-state index contributed by atoms with van der Waals surface area (Å²) in [5, 5.41) is 2.06. The summed E-state index contributed by atoms with van der Waals surface area (Å²) in [5.41, 5.74) is 1.41. The number of ether oxygens (including phenoxy) is 1. The van der Waals surface area contributed by atoms with Gasteiger partial charge < -0.3 is 9.15 Å². The van der Waals surface area contributed by atoms with Crippen LogP contribution in [0.4, 0.5) is 0 Å². The monoisotopic (exact) mass is 199 g/mol. The van der Waals surface area contributed by atoms with Crippen molar-refractivity contribution in [3.05, 3.63) is 36.5 Å². The Hall–Kier alpha value is -2.03. The van der Waals surface area contributed by atoms with Crippen LogP contribution in [0.3, 0.4) is 0 Å². The zero-order valence-corrected chi connectivity index (χ0v) is 8.23. The Balaban J connectivity index is 2.53. The first-order chi connectivity index (χ1) is 7.40. The Labute approximate surface area is 86.3 Å². The third-order valence-electron chi connectivity index (χ3n) is 2.46. The summed E-state index contributed by atoms with van der Waals surface area (Å²) in [6, 6.07) is 9.73. The highest BCUT2D eigenvalue weighted by Crippen LogP contribution is 2.32. The molecule has 3 heteroatoms. The van der Waals surface area contributed by atoms with Gasteiger partial charge in [0.25, 0.3) is 0 Å². The van der Waals surface area contributed by atoms with Crippen molar-refractivity contribution in [3.63, 3.8) is 0 Å². The number of rotatable bonds is 1. The molecule has 0 aliphatic heterocycles. The van der Waals surface area contributed by atoms with Crippen LogP contribution in [-0.4, -0.2) is 12.1 Å². The molecule has 0 atom stereocenters. The molecule has 0 N–H and O–H groups in total. The summed E-state index contributed by atoms with van der Waals surface area (Å²) in [5.74, 6) is 0.741. The van der Waals surface area contributed by atoms with E-state index in [1.54, 1.807) is 13.3 Å². The maximum Gasteiger partial charge on any atom is 0.227 e. The normalized spacial score (nSPS) is 11.0. The summed E-state index contributed by atoms with van der Waals surface area (Å²) in [7, 11) is 1.63. The van der Waals surface area contributed by atoms with E-state index >= 15 is 0 Å². The standard InChI is InChI=1S/C12H9NO2/c1-14-10-6-2-4-8-9-5-3-7-13-12(9)15-11(8)10/h2-7H,1H3. The van der Waals surface area contributed by atoms with Crippen LogP contribution < -0.4 is 4.74 Å². The van der Waals surface area contributed by atoms with Gasteiger partial charge in [0, 0.05) is 17.0 Å². The highest BCUT2D eigenvalue weighted by atomic mass is 16.5. The molecule has 0 aliphatic rings. The molecule has 74 valence electrons. The Bertz CT molecular complexity index is 628. The lowest BCUT2D eigenvalue weighted by Crippen LogP contribution is -1.81. The average Bonchev–Trinajstić information content (AvgIpc) is 2.67. The first-order valence-corrected chi connectivity index (χ1v) is 4.70. The third-order valence-corrected chi connectivity index (χ3v) is 2.46. The minimum Gasteiger partial charge on any atom is -0.493 e. The van der Waals surface area contributed by atoms with Gasteiger partial charge in [-0.25, -0.2) is 4.98 Å². The fourth-order valence-electron chi connectivity index (χ4n) is 1.77. The average molecular weight is 199 g/mol. The van der Waals surface area contributed by atoms with E-state index in [-0.39, 0.29) is 0 Å². The Kier molecular flexibility index (Phi) is 1.65. The highest BCUT2D eigenvalue weighted by molar-refractivity contribution is 6.05. The minimum absolute atomic E-state index is 0.650. The van der Waals surface area contributed by atoms with Crippen molar-refractivity contribution in [3.8, 4) is 5.75 Å². The lowest BCUT2D eigenvalue weighted by molar-refractivity contribution is 0.411. The number of nitrogens with zero attached hydrogens (tertiary/aromatic N) is 1. The molecule has 1 aromatic carbocycles. The number of hydrogen-bond acceptors (Lipinski definition) is 3. The number of hydrogen-bond donors (Lipinski definition) is 0. The number of methoxy groups -OCH3 is 1. The maximum atomic E-state index is 5.64. The van der Waals surface area contributed by atoms with Crippen molar-refractivity contribution in [2.45, 2.75) is 0 Å². The van der Waals surface area contributed by atoms with E-state index in [0.717, 1.165) is 22.1 Å². The van der Waals surface area contributed by atoms with Crippen LogP contribution in [0.25, 0.3) is 22.1 Å². The molecule has 0 fully saturated rings. The van der Waals surface area contributed by atoms with Crippen LogP contribution in [0.5, 0.6) is 5.75 Å². The second kappa shape index (κ2) is 2.98. The number of pyridine rings is 1. The molecule has 15 heavy (non-hydrogen) atoms. The fraction of sp³-hybridized carbons (Fsp3) is 0.0833. The van der Waals surface area contributed by atoms with Crippen molar-refractivity contribution >= 4 is 22.1 Å². The molecule has 0 spiro atoms. The van der Waals surface area contributed by atoms with Gasteiger partial charge in [0.2, 0.25) is 5.71 Å². The van der Waals surface area contributed by atoms with E-state index in [1.807, 2.05) is 30.3 Å². The van der Waals surface area contributed by atoms with Gasteiger partial charge in [-0.05, 0) is 18.2 Å². The van der Waals surface area contributed by atoms with Crippen LogP contribution in [0.1, 0.15) is 0 Å². The van der Waals surface area contributed by atoms with Crippen molar-refractivity contribution in [1.82, 2.24) is 4.98 Å². The molecule has 0 bridgehead atoms. The summed E-state index contributed by atoms with van der Waals surface area (Å²) in [6.45, 7) is 0. The number of aromatic nitrogens is 1. The second-order valence-electron chi connectivity index (χ2n) is 3.30. The van der Waals surface area contributed by atoms with Crippen molar-refractivity contribution in [2.75, 3.05) is 7.11 Å². The van der Waals surface area contributed by atoms with E-state index in [9.17, 15) is 0 Å². The zero-order chi connectivity index (χ0) is 10.3. The van der Waals surface area contributed by atoms with Crippen LogP contribution in [0, 0.1) is 0 Å². The Morgan fingerprint density at radius 3 is 2.87 bits per heavy atom. The van der Waals surface area contributed by atoms with Crippen LogP contribution in [0.15, 0.2) is 40.9 Å². The Morgan fingerprint density at radius 1 is 1.13 bits per heavy atom. The number of furan rings is 1. The summed E-state index contributed by atoms with van der Waals surface area (Å²) in [6.07, 6.45) is 1.72. The van der Waals surface area contributed by atoms with Crippen LogP contribution >= 0.6 is 0 Å². The van der Waals surface area contributed by atoms with E-state index in [2.05, 4.69) is 4.98 Å². The quantitative estimate of drug-likeness (QED) is 0.604. The molecule has 0 amide bonds. The molecule has 2 aromatic heterocycles. The molecule has 0 radical (unpaired) electrons. The number of fused-ring (bicyclic) bond motifs is 3. The maximum absolute atomic E-state index is 5.64. The lowest BCUT2D eigenvalue weighted by atomic mass is 10.2. The molecule has 0 saturated carbocycles. The van der Waals surface area contributed by atoms with Gasteiger partial charge in [-0.1, -0.05) is 12.1 Å². The van der Waals surface area contributed by atoms with E-state index in [4.69, 9.17) is 9.15 Å². The first-order valence-electron chi connectivity index (χ1n) is 4.70. The molecule has 3 aromatic rings. The molecule has 0 unspecified atom stereocenters. The van der Waals surface area contributed by atoms with Gasteiger partial charge in [-0.15, -0.1) is 0 Å². The summed E-state index contributed by atoms with van der Waals surface area (Å²) >= 11 is 0. The first kappa shape index (κ1) is 8.29. The molecular formula is C12H9NO2. The minimum atomic E-state index is 0.650. The van der Waals surface area contributed by atoms with Crippen molar-refractivity contribution in [1.29, 1.82) is 0 Å². The van der Waals surface area contributed by atoms with Gasteiger partial charge >= 0.3 is 0 Å². The molecular weight excluding hydrogens is 190 g/mol. The van der Waals surface area contributed by atoms with E-state index < -0.39 is 0 Å². The Morgan fingerprint density at radius 2 is 2.00 bits per heavy atom. The predicted octanol–water partition coefficient (Wildman–Crippen LogP) is 2.99. The largest absolute Gasteiger partial charge is 0.493 e.